The third kappa shape index (κ3) is 5.44. The van der Waals surface area contributed by atoms with Crippen molar-refractivity contribution in [2.45, 2.75) is 0 Å². The fourth-order valence-electron chi connectivity index (χ4n) is 2.86. The molecule has 2 aliphatic rings. The van der Waals surface area contributed by atoms with Gasteiger partial charge in [0.25, 0.3) is 5.91 Å². The van der Waals surface area contributed by atoms with E-state index in [1.54, 1.807) is 42.5 Å². The largest absolute Gasteiger partial charge is 0.490 e. The van der Waals surface area contributed by atoms with Gasteiger partial charge >= 0.3 is 0 Å². The molecule has 0 radical (unpaired) electrons. The molecule has 0 bridgehead atoms. The quantitative estimate of drug-likeness (QED) is 0.434. The highest BCUT2D eigenvalue weighted by Crippen LogP contribution is 2.31. The van der Waals surface area contributed by atoms with Crippen LogP contribution in [-0.2, 0) is 14.6 Å². The Balaban J connectivity index is 1.43. The number of thioether (sulfide) groups is 1. The third-order valence-corrected chi connectivity index (χ3v) is 7.57. The molecule has 0 aliphatic carbocycles. The van der Waals surface area contributed by atoms with Crippen LogP contribution in [0.25, 0.3) is 6.08 Å². The zero-order valence-electron chi connectivity index (χ0n) is 17.5. The van der Waals surface area contributed by atoms with Crippen molar-refractivity contribution in [2.24, 2.45) is 10.1 Å². The number of nitrogens with zero attached hydrogens (tertiary/aromatic N) is 3. The molecule has 2 aromatic carbocycles. The minimum atomic E-state index is -3.60. The number of rotatable bonds is 6. The molecular formula is C21H16Cl2N4O5S2. The lowest BCUT2D eigenvalue weighted by molar-refractivity contribution is -0.114. The van der Waals surface area contributed by atoms with Crippen molar-refractivity contribution < 1.29 is 22.7 Å². The van der Waals surface area contributed by atoms with E-state index in [-0.39, 0.29) is 27.6 Å². The Bertz CT molecular complexity index is 1370. The topological polar surface area (TPSA) is 121 Å². The van der Waals surface area contributed by atoms with Gasteiger partial charge < -0.3 is 9.47 Å². The van der Waals surface area contributed by atoms with Gasteiger partial charge in [0.05, 0.1) is 10.6 Å². The van der Waals surface area contributed by atoms with Gasteiger partial charge in [0.15, 0.2) is 5.84 Å². The highest BCUT2D eigenvalue weighted by molar-refractivity contribution is 8.42. The Morgan fingerprint density at radius 3 is 2.50 bits per heavy atom. The van der Waals surface area contributed by atoms with Gasteiger partial charge in [-0.05, 0) is 59.8 Å². The zero-order valence-corrected chi connectivity index (χ0v) is 20.6. The van der Waals surface area contributed by atoms with E-state index in [4.69, 9.17) is 38.1 Å². The number of amidine groups is 2. The molecular weight excluding hydrogens is 523 g/mol. The van der Waals surface area contributed by atoms with E-state index in [0.29, 0.717) is 33.7 Å². The van der Waals surface area contributed by atoms with E-state index in [1.807, 2.05) is 0 Å². The second kappa shape index (κ2) is 9.79. The van der Waals surface area contributed by atoms with Gasteiger partial charge in [0.1, 0.15) is 24.7 Å². The maximum Gasteiger partial charge on any atom is 0.283 e. The minimum absolute atomic E-state index is 0.0233. The number of sulfone groups is 1. The van der Waals surface area contributed by atoms with E-state index in [0.717, 1.165) is 23.0 Å². The Morgan fingerprint density at radius 1 is 1.12 bits per heavy atom. The van der Waals surface area contributed by atoms with Crippen LogP contribution in [0.15, 0.2) is 58.1 Å². The first-order valence-corrected chi connectivity index (χ1v) is 13.1. The average Bonchev–Trinajstić information content (AvgIpc) is 3.21. The molecule has 0 saturated carbocycles. The van der Waals surface area contributed by atoms with Crippen molar-refractivity contribution in [3.05, 3.63) is 63.6 Å². The predicted octanol–water partition coefficient (Wildman–Crippen LogP) is 4.07. The fourth-order valence-corrected chi connectivity index (χ4v) is 4.91. The molecule has 34 heavy (non-hydrogen) atoms. The number of nitrogens with one attached hydrogen (secondary N) is 1. The number of carbonyl (C=O) groups excluding carboxylic acids is 1. The first-order chi connectivity index (χ1) is 16.1. The second-order valence-corrected chi connectivity index (χ2v) is 11.0. The molecule has 0 atom stereocenters. The number of fused-ring (bicyclic) bond motifs is 1. The van der Waals surface area contributed by atoms with Crippen LogP contribution < -0.4 is 9.47 Å². The molecule has 4 rings (SSSR count). The van der Waals surface area contributed by atoms with E-state index in [2.05, 4.69) is 10.1 Å². The number of aliphatic imine (C=N–C) groups is 1. The minimum Gasteiger partial charge on any atom is -0.490 e. The molecule has 1 N–H and O–H groups in total. The van der Waals surface area contributed by atoms with Crippen molar-refractivity contribution in [1.29, 1.82) is 5.41 Å². The normalized spacial score (nSPS) is 16.9. The average molecular weight is 539 g/mol. The van der Waals surface area contributed by atoms with Crippen molar-refractivity contribution in [3.8, 4) is 11.5 Å². The number of hydrogen-bond acceptors (Lipinski definition) is 8. The first-order valence-electron chi connectivity index (χ1n) is 9.63. The lowest BCUT2D eigenvalue weighted by Gasteiger charge is -2.20. The molecule has 0 spiro atoms. The molecule has 0 unspecified atom stereocenters. The van der Waals surface area contributed by atoms with Gasteiger partial charge in [0, 0.05) is 11.3 Å². The monoisotopic (exact) mass is 538 g/mol. The summed E-state index contributed by atoms with van der Waals surface area (Å²) in [6.45, 7) is 0.538. The standard InChI is InChI=1S/C21H16Cl2N4O5S2/c1-34(29,30)21-26-27-18(24)15(19(28)25-20(27)33-21)10-12-2-7-17(16(23)11-12)32-9-8-31-14-5-3-13(22)4-6-14/h2-7,10-11,24H,8-9H2,1H3/b15-10-,24-18?. The number of amides is 1. The van der Waals surface area contributed by atoms with Crippen LogP contribution in [0, 0.1) is 5.41 Å². The van der Waals surface area contributed by atoms with Crippen LogP contribution in [-0.4, -0.2) is 54.2 Å². The van der Waals surface area contributed by atoms with Crippen LogP contribution in [0.2, 0.25) is 10.0 Å². The van der Waals surface area contributed by atoms with Gasteiger partial charge in [0.2, 0.25) is 19.4 Å². The number of ether oxygens (including phenoxy) is 2. The van der Waals surface area contributed by atoms with Crippen molar-refractivity contribution in [3.63, 3.8) is 0 Å². The zero-order chi connectivity index (χ0) is 24.5. The smallest absolute Gasteiger partial charge is 0.283 e. The molecule has 2 aromatic rings. The van der Waals surface area contributed by atoms with E-state index < -0.39 is 15.7 Å². The van der Waals surface area contributed by atoms with Crippen LogP contribution in [0.1, 0.15) is 5.56 Å². The van der Waals surface area contributed by atoms with Gasteiger partial charge in [-0.15, -0.1) is 5.10 Å². The number of benzene rings is 2. The second-order valence-electron chi connectivity index (χ2n) is 7.00. The lowest BCUT2D eigenvalue weighted by atomic mass is 10.1. The molecule has 2 aliphatic heterocycles. The van der Waals surface area contributed by atoms with Crippen molar-refractivity contribution in [1.82, 2.24) is 5.01 Å². The van der Waals surface area contributed by atoms with Gasteiger partial charge in [-0.3, -0.25) is 10.2 Å². The van der Waals surface area contributed by atoms with E-state index >= 15 is 0 Å². The molecule has 13 heteroatoms. The summed E-state index contributed by atoms with van der Waals surface area (Å²) < 4.78 is 34.5. The predicted molar refractivity (Wildman–Crippen MR) is 134 cm³/mol. The van der Waals surface area contributed by atoms with E-state index in [1.165, 1.54) is 6.08 Å². The maximum atomic E-state index is 12.5. The SMILES string of the molecule is CS(=O)(=O)C1=NN2C(=N)/C(=C/c3ccc(OCCOc4ccc(Cl)cc4)c(Cl)c3)C(=O)N=C2S1. The lowest BCUT2D eigenvalue weighted by Crippen LogP contribution is -2.35. The summed E-state index contributed by atoms with van der Waals surface area (Å²) in [4.78, 5) is 16.3. The maximum absolute atomic E-state index is 12.5. The highest BCUT2D eigenvalue weighted by Gasteiger charge is 2.38. The fraction of sp³-hybridized carbons (Fsp3) is 0.143. The molecule has 0 saturated heterocycles. The Hall–Kier alpha value is -2.86. The molecule has 2 heterocycles. The summed E-state index contributed by atoms with van der Waals surface area (Å²) in [5, 5.41) is 14.2. The Kier molecular flexibility index (Phi) is 6.99. The number of halogens is 2. The molecule has 1 amide bonds. The first kappa shape index (κ1) is 24.3. The van der Waals surface area contributed by atoms with Crippen LogP contribution in [0.3, 0.4) is 0 Å². The number of hydrogen-bond donors (Lipinski definition) is 1. The van der Waals surface area contributed by atoms with Crippen molar-refractivity contribution in [2.75, 3.05) is 19.5 Å². The third-order valence-electron chi connectivity index (χ3n) is 4.44. The summed E-state index contributed by atoms with van der Waals surface area (Å²) in [5.74, 6) is 0.129. The molecule has 9 nitrogen and oxygen atoms in total. The highest BCUT2D eigenvalue weighted by atomic mass is 35.5. The summed E-state index contributed by atoms with van der Waals surface area (Å²) in [5.41, 5.74) is 0.477. The summed E-state index contributed by atoms with van der Waals surface area (Å²) in [6, 6.07) is 11.8. The summed E-state index contributed by atoms with van der Waals surface area (Å²) >= 11 is 12.9. The van der Waals surface area contributed by atoms with Crippen LogP contribution in [0.4, 0.5) is 0 Å². The van der Waals surface area contributed by atoms with Gasteiger partial charge in [-0.1, -0.05) is 29.3 Å². The Labute approximate surface area is 209 Å². The molecule has 176 valence electrons. The number of hydrazone groups is 1. The van der Waals surface area contributed by atoms with Crippen LogP contribution in [0.5, 0.6) is 11.5 Å². The Morgan fingerprint density at radius 2 is 1.82 bits per heavy atom. The summed E-state index contributed by atoms with van der Waals surface area (Å²) in [6.07, 6.45) is 2.43. The van der Waals surface area contributed by atoms with Crippen LogP contribution >= 0.6 is 35.0 Å². The number of carbonyl (C=O) groups is 1. The van der Waals surface area contributed by atoms with Crippen molar-refractivity contribution >= 4 is 72.2 Å². The van der Waals surface area contributed by atoms with E-state index in [9.17, 15) is 13.2 Å². The molecule has 0 aromatic heterocycles. The van der Waals surface area contributed by atoms with Gasteiger partial charge in [-0.2, -0.15) is 10.0 Å². The molecule has 0 fully saturated rings. The van der Waals surface area contributed by atoms with Gasteiger partial charge in [-0.25, -0.2) is 8.42 Å². The summed E-state index contributed by atoms with van der Waals surface area (Å²) in [7, 11) is -3.60.